The number of nitrogens with zero attached hydrogens (tertiary/aromatic N) is 2. The molecule has 4 rings (SSSR count). The van der Waals surface area contributed by atoms with Gasteiger partial charge in [0, 0.05) is 5.39 Å². The normalized spacial score (nSPS) is 10.9. The summed E-state index contributed by atoms with van der Waals surface area (Å²) in [5.74, 6) is -0.0428. The van der Waals surface area contributed by atoms with Gasteiger partial charge in [0.15, 0.2) is 6.61 Å². The first kappa shape index (κ1) is 15.3. The predicted octanol–water partition coefficient (Wildman–Crippen LogP) is 3.00. The van der Waals surface area contributed by atoms with Crippen molar-refractivity contribution in [3.05, 3.63) is 69.8 Å². The molecule has 0 aliphatic heterocycles. The summed E-state index contributed by atoms with van der Waals surface area (Å²) < 4.78 is 10.2. The van der Waals surface area contributed by atoms with E-state index in [0.29, 0.717) is 16.6 Å². The Morgan fingerprint density at radius 2 is 2.12 bits per heavy atom. The van der Waals surface area contributed by atoms with Crippen LogP contribution >= 0.6 is 11.3 Å². The molecule has 1 N–H and O–H groups in total. The van der Waals surface area contributed by atoms with Crippen LogP contribution in [-0.2, 0) is 11.3 Å². The maximum absolute atomic E-state index is 12.2. The van der Waals surface area contributed by atoms with E-state index in [1.807, 2.05) is 17.5 Å². The van der Waals surface area contributed by atoms with Crippen LogP contribution in [0.15, 0.2) is 57.2 Å². The molecule has 124 valence electrons. The number of hydrogen-bond acceptors (Lipinski definition) is 7. The van der Waals surface area contributed by atoms with Gasteiger partial charge in [0.1, 0.15) is 5.69 Å². The summed E-state index contributed by atoms with van der Waals surface area (Å²) in [6, 6.07) is 12.3. The number of fused-ring (bicyclic) bond motifs is 1. The number of aromatic nitrogens is 3. The van der Waals surface area contributed by atoms with E-state index >= 15 is 0 Å². The van der Waals surface area contributed by atoms with Crippen LogP contribution in [0.4, 0.5) is 0 Å². The number of pyridine rings is 1. The molecule has 1 aromatic carbocycles. The highest BCUT2D eigenvalue weighted by Crippen LogP contribution is 2.21. The highest BCUT2D eigenvalue weighted by molar-refractivity contribution is 7.13. The van der Waals surface area contributed by atoms with Crippen molar-refractivity contribution in [3.63, 3.8) is 0 Å². The number of esters is 1. The Kier molecular flexibility index (Phi) is 3.87. The molecule has 0 saturated heterocycles. The smallest absolute Gasteiger partial charge is 0.355 e. The van der Waals surface area contributed by atoms with Crippen LogP contribution in [0.5, 0.6) is 0 Å². The molecule has 4 aromatic rings. The molecule has 8 heteroatoms. The van der Waals surface area contributed by atoms with E-state index in [0.717, 1.165) is 4.88 Å². The number of rotatable bonds is 4. The molecule has 0 atom stereocenters. The van der Waals surface area contributed by atoms with Crippen molar-refractivity contribution in [1.82, 2.24) is 15.1 Å². The quantitative estimate of drug-likeness (QED) is 0.566. The fraction of sp³-hybridized carbons (Fsp3) is 0.0588. The average molecular weight is 353 g/mol. The lowest BCUT2D eigenvalue weighted by atomic mass is 10.1. The van der Waals surface area contributed by atoms with Gasteiger partial charge in [-0.1, -0.05) is 29.4 Å². The molecule has 3 heterocycles. The Morgan fingerprint density at radius 3 is 2.96 bits per heavy atom. The zero-order valence-electron chi connectivity index (χ0n) is 12.8. The van der Waals surface area contributed by atoms with Crippen molar-refractivity contribution in [2.24, 2.45) is 0 Å². The number of carbonyl (C=O) groups excluding carboxylic acids is 1. The Bertz CT molecular complexity index is 1100. The number of aromatic amines is 1. The molecule has 0 amide bonds. The molecule has 0 bridgehead atoms. The fourth-order valence-corrected chi connectivity index (χ4v) is 2.99. The summed E-state index contributed by atoms with van der Waals surface area (Å²) in [6.07, 6.45) is 0. The molecule has 3 aromatic heterocycles. The second kappa shape index (κ2) is 6.33. The van der Waals surface area contributed by atoms with E-state index in [1.165, 1.54) is 11.3 Å². The molecule has 0 aliphatic carbocycles. The van der Waals surface area contributed by atoms with E-state index in [1.54, 1.807) is 30.3 Å². The second-order valence-corrected chi connectivity index (χ2v) is 6.11. The highest BCUT2D eigenvalue weighted by Gasteiger charge is 2.14. The second-order valence-electron chi connectivity index (χ2n) is 5.16. The first-order chi connectivity index (χ1) is 12.2. The highest BCUT2D eigenvalue weighted by atomic mass is 32.1. The average Bonchev–Trinajstić information content (AvgIpc) is 3.31. The molecule has 0 saturated carbocycles. The summed E-state index contributed by atoms with van der Waals surface area (Å²) in [5.41, 5.74) is -0.274. The van der Waals surface area contributed by atoms with Gasteiger partial charge < -0.3 is 14.2 Å². The minimum absolute atomic E-state index is 0.0710. The van der Waals surface area contributed by atoms with Gasteiger partial charge in [-0.2, -0.15) is 4.98 Å². The minimum atomic E-state index is -0.668. The molecule has 0 radical (unpaired) electrons. The van der Waals surface area contributed by atoms with Crippen molar-refractivity contribution in [2.75, 3.05) is 0 Å². The Morgan fingerprint density at radius 1 is 1.24 bits per heavy atom. The van der Waals surface area contributed by atoms with Crippen molar-refractivity contribution >= 4 is 28.1 Å². The zero-order valence-corrected chi connectivity index (χ0v) is 13.6. The van der Waals surface area contributed by atoms with Crippen molar-refractivity contribution in [2.45, 2.75) is 6.61 Å². The van der Waals surface area contributed by atoms with Gasteiger partial charge in [0.2, 0.25) is 5.82 Å². The maximum Gasteiger partial charge on any atom is 0.355 e. The zero-order chi connectivity index (χ0) is 17.2. The molecule has 7 nitrogen and oxygen atoms in total. The largest absolute Gasteiger partial charge is 0.451 e. The number of hydrogen-bond donors (Lipinski definition) is 1. The van der Waals surface area contributed by atoms with Gasteiger partial charge in [-0.05, 0) is 29.0 Å². The minimum Gasteiger partial charge on any atom is -0.451 e. The number of benzene rings is 1. The molecule has 0 aliphatic rings. The molecule has 0 fully saturated rings. The summed E-state index contributed by atoms with van der Waals surface area (Å²) in [7, 11) is 0. The lowest BCUT2D eigenvalue weighted by molar-refractivity contribution is 0.0423. The van der Waals surface area contributed by atoms with E-state index in [2.05, 4.69) is 15.1 Å². The number of ether oxygens (including phenoxy) is 1. The Hall–Kier alpha value is -3.26. The van der Waals surface area contributed by atoms with E-state index in [9.17, 15) is 9.59 Å². The standard InChI is InChI=1S/C17H11N3O4S/c21-16-11-5-2-1-4-10(11)8-12(18-16)17(22)23-9-14-19-15(20-24-14)13-6-3-7-25-13/h1-8H,9H2,(H,18,21). The van der Waals surface area contributed by atoms with Gasteiger partial charge >= 0.3 is 5.97 Å². The van der Waals surface area contributed by atoms with Crippen LogP contribution in [0, 0.1) is 0 Å². The third-order valence-corrected chi connectivity index (χ3v) is 4.38. The lowest BCUT2D eigenvalue weighted by Crippen LogP contribution is -2.15. The topological polar surface area (TPSA) is 98.1 Å². The third-order valence-electron chi connectivity index (χ3n) is 3.51. The van der Waals surface area contributed by atoms with Gasteiger partial charge in [-0.25, -0.2) is 4.79 Å². The molecule has 0 spiro atoms. The van der Waals surface area contributed by atoms with Crippen molar-refractivity contribution in [1.29, 1.82) is 0 Å². The van der Waals surface area contributed by atoms with Crippen molar-refractivity contribution in [3.8, 4) is 10.7 Å². The van der Waals surface area contributed by atoms with Gasteiger partial charge in [0.25, 0.3) is 11.4 Å². The Balaban J connectivity index is 1.50. The maximum atomic E-state index is 12.2. The summed E-state index contributed by atoms with van der Waals surface area (Å²) in [4.78, 5) is 31.7. The van der Waals surface area contributed by atoms with E-state index in [4.69, 9.17) is 9.26 Å². The molecular formula is C17H11N3O4S. The van der Waals surface area contributed by atoms with Crippen LogP contribution < -0.4 is 5.56 Å². The first-order valence-electron chi connectivity index (χ1n) is 7.36. The molecular weight excluding hydrogens is 342 g/mol. The van der Waals surface area contributed by atoms with Gasteiger partial charge in [-0.3, -0.25) is 4.79 Å². The van der Waals surface area contributed by atoms with E-state index < -0.39 is 5.97 Å². The van der Waals surface area contributed by atoms with Gasteiger partial charge in [-0.15, -0.1) is 11.3 Å². The van der Waals surface area contributed by atoms with Crippen LogP contribution in [0.1, 0.15) is 16.4 Å². The third kappa shape index (κ3) is 3.07. The number of H-pyrrole nitrogens is 1. The van der Waals surface area contributed by atoms with Crippen LogP contribution in [0.2, 0.25) is 0 Å². The summed E-state index contributed by atoms with van der Waals surface area (Å²) in [5, 5.41) is 6.92. The predicted molar refractivity (Wildman–Crippen MR) is 91.3 cm³/mol. The van der Waals surface area contributed by atoms with Crippen LogP contribution in [0.25, 0.3) is 21.5 Å². The van der Waals surface area contributed by atoms with Crippen LogP contribution in [-0.4, -0.2) is 21.1 Å². The van der Waals surface area contributed by atoms with Crippen LogP contribution in [0.3, 0.4) is 0 Å². The Labute approximate surface area is 144 Å². The number of nitrogens with one attached hydrogen (secondary N) is 1. The SMILES string of the molecule is O=C(OCc1nc(-c2cccs2)no1)c1cc2ccccc2c(=O)[nH]1. The number of carbonyl (C=O) groups is 1. The lowest BCUT2D eigenvalue weighted by Gasteiger charge is -2.03. The molecule has 0 unspecified atom stereocenters. The fourth-order valence-electron chi connectivity index (χ4n) is 2.35. The first-order valence-corrected chi connectivity index (χ1v) is 8.24. The van der Waals surface area contributed by atoms with Gasteiger partial charge in [0.05, 0.1) is 4.88 Å². The van der Waals surface area contributed by atoms with E-state index in [-0.39, 0.29) is 23.8 Å². The number of thiophene rings is 1. The summed E-state index contributed by atoms with van der Waals surface area (Å²) >= 11 is 1.48. The van der Waals surface area contributed by atoms with Crippen molar-refractivity contribution < 1.29 is 14.1 Å². The molecule has 25 heavy (non-hydrogen) atoms. The summed E-state index contributed by atoms with van der Waals surface area (Å²) in [6.45, 7) is -0.175. The monoisotopic (exact) mass is 353 g/mol.